The Hall–Kier alpha value is -3.06. The van der Waals surface area contributed by atoms with Gasteiger partial charge in [0.1, 0.15) is 5.75 Å². The van der Waals surface area contributed by atoms with Gasteiger partial charge in [-0.2, -0.15) is 0 Å². The van der Waals surface area contributed by atoms with Crippen molar-refractivity contribution < 1.29 is 27.4 Å². The maximum atomic E-state index is 12.3. The molecule has 30 heavy (non-hydrogen) atoms. The highest BCUT2D eigenvalue weighted by Crippen LogP contribution is 2.29. The summed E-state index contributed by atoms with van der Waals surface area (Å²) in [5.41, 5.74) is 3.86. The van der Waals surface area contributed by atoms with Gasteiger partial charge in [0.15, 0.2) is 0 Å². The lowest BCUT2D eigenvalue weighted by atomic mass is 10.0. The summed E-state index contributed by atoms with van der Waals surface area (Å²) in [5, 5.41) is 0. The zero-order valence-corrected chi connectivity index (χ0v) is 17.3. The summed E-state index contributed by atoms with van der Waals surface area (Å²) >= 11 is 3.50. The van der Waals surface area contributed by atoms with E-state index in [4.69, 9.17) is 0 Å². The van der Waals surface area contributed by atoms with Gasteiger partial charge in [0, 0.05) is 4.47 Å². The first-order valence-corrected chi connectivity index (χ1v) is 9.57. The molecule has 0 radical (unpaired) electrons. The van der Waals surface area contributed by atoms with Gasteiger partial charge in [0.2, 0.25) is 0 Å². The highest BCUT2D eigenvalue weighted by atomic mass is 79.9. The fraction of sp³-hybridized carbons (Fsp3) is 0.0870. The number of alkyl halides is 3. The number of methoxy groups -OCH3 is 1. The number of carbonyl (C=O) groups excluding carboxylic acids is 1. The van der Waals surface area contributed by atoms with Crippen molar-refractivity contribution >= 4 is 34.1 Å². The van der Waals surface area contributed by atoms with E-state index in [1.165, 1.54) is 19.2 Å². The van der Waals surface area contributed by atoms with E-state index < -0.39 is 12.3 Å². The van der Waals surface area contributed by atoms with Crippen LogP contribution in [-0.2, 0) is 4.74 Å². The molecule has 0 unspecified atom stereocenters. The molecule has 0 saturated carbocycles. The standard InChI is InChI=1S/C23H16BrF3O3/c1-29-22(28)17-5-2-15(3-6-17)4-7-19-14-18(10-13-21(19)24)16-8-11-20(12-9-16)30-23(25,26)27/h2-14H,1H3/b7-4+. The monoisotopic (exact) mass is 476 g/mol. The molecule has 0 spiro atoms. The normalized spacial score (nSPS) is 11.5. The van der Waals surface area contributed by atoms with Gasteiger partial charge in [-0.25, -0.2) is 4.79 Å². The molecule has 0 aromatic heterocycles. The van der Waals surface area contributed by atoms with Crippen LogP contribution in [0, 0.1) is 0 Å². The average molecular weight is 477 g/mol. The number of ether oxygens (including phenoxy) is 2. The molecular weight excluding hydrogens is 461 g/mol. The van der Waals surface area contributed by atoms with E-state index >= 15 is 0 Å². The summed E-state index contributed by atoms with van der Waals surface area (Å²) in [4.78, 5) is 11.5. The van der Waals surface area contributed by atoms with Gasteiger partial charge >= 0.3 is 12.3 Å². The molecule has 0 aliphatic rings. The molecule has 0 amide bonds. The minimum Gasteiger partial charge on any atom is -0.465 e. The third-order valence-electron chi connectivity index (χ3n) is 4.20. The zero-order valence-electron chi connectivity index (χ0n) is 15.7. The molecule has 7 heteroatoms. The van der Waals surface area contributed by atoms with E-state index in [1.54, 1.807) is 36.4 Å². The van der Waals surface area contributed by atoms with E-state index in [0.717, 1.165) is 26.7 Å². The van der Waals surface area contributed by atoms with Crippen molar-refractivity contribution in [2.75, 3.05) is 7.11 Å². The molecular formula is C23H16BrF3O3. The van der Waals surface area contributed by atoms with Crippen molar-refractivity contribution in [3.05, 3.63) is 87.9 Å². The Bertz CT molecular complexity index is 1060. The van der Waals surface area contributed by atoms with E-state index in [0.29, 0.717) is 5.56 Å². The fourth-order valence-corrected chi connectivity index (χ4v) is 3.11. The van der Waals surface area contributed by atoms with Gasteiger partial charge in [-0.05, 0) is 58.7 Å². The molecule has 0 atom stereocenters. The zero-order chi connectivity index (χ0) is 21.7. The SMILES string of the molecule is COC(=O)c1ccc(/C=C/c2cc(-c3ccc(OC(F)(F)F)cc3)ccc2Br)cc1. The van der Waals surface area contributed by atoms with Gasteiger partial charge in [-0.3, -0.25) is 0 Å². The molecule has 3 rings (SSSR count). The molecule has 0 fully saturated rings. The topological polar surface area (TPSA) is 35.5 Å². The largest absolute Gasteiger partial charge is 0.573 e. The van der Waals surface area contributed by atoms with Crippen LogP contribution in [0.1, 0.15) is 21.5 Å². The molecule has 0 N–H and O–H groups in total. The van der Waals surface area contributed by atoms with Gasteiger partial charge < -0.3 is 9.47 Å². The number of carbonyl (C=O) groups is 1. The minimum absolute atomic E-state index is 0.265. The van der Waals surface area contributed by atoms with E-state index in [-0.39, 0.29) is 5.75 Å². The summed E-state index contributed by atoms with van der Waals surface area (Å²) in [7, 11) is 1.33. The lowest BCUT2D eigenvalue weighted by Gasteiger charge is -2.10. The smallest absolute Gasteiger partial charge is 0.465 e. The number of benzene rings is 3. The van der Waals surface area contributed by atoms with Gasteiger partial charge in [-0.1, -0.05) is 58.4 Å². The highest BCUT2D eigenvalue weighted by Gasteiger charge is 2.30. The van der Waals surface area contributed by atoms with Crippen LogP contribution in [0.5, 0.6) is 5.75 Å². The molecule has 0 bridgehead atoms. The Labute approximate surface area is 179 Å². The van der Waals surface area contributed by atoms with Crippen molar-refractivity contribution in [3.8, 4) is 16.9 Å². The first-order chi connectivity index (χ1) is 14.2. The van der Waals surface area contributed by atoms with Crippen LogP contribution in [0.4, 0.5) is 13.2 Å². The van der Waals surface area contributed by atoms with Gasteiger partial charge in [0.25, 0.3) is 0 Å². The lowest BCUT2D eigenvalue weighted by molar-refractivity contribution is -0.274. The molecule has 3 aromatic rings. The van der Waals surface area contributed by atoms with Crippen LogP contribution < -0.4 is 4.74 Å². The van der Waals surface area contributed by atoms with Crippen LogP contribution in [0.2, 0.25) is 0 Å². The van der Waals surface area contributed by atoms with Crippen molar-refractivity contribution in [1.29, 1.82) is 0 Å². The molecule has 0 aliphatic carbocycles. The predicted octanol–water partition coefficient (Wildman–Crippen LogP) is 6.97. The van der Waals surface area contributed by atoms with Crippen molar-refractivity contribution in [3.63, 3.8) is 0 Å². The summed E-state index contributed by atoms with van der Waals surface area (Å²) < 4.78 is 46.4. The number of halogens is 4. The molecule has 3 nitrogen and oxygen atoms in total. The Morgan fingerprint density at radius 3 is 2.13 bits per heavy atom. The first kappa shape index (κ1) is 21.6. The minimum atomic E-state index is -4.72. The third-order valence-corrected chi connectivity index (χ3v) is 4.93. The van der Waals surface area contributed by atoms with E-state index in [9.17, 15) is 18.0 Å². The number of hydrogen-bond acceptors (Lipinski definition) is 3. The van der Waals surface area contributed by atoms with Gasteiger partial charge in [0.05, 0.1) is 12.7 Å². The Balaban J connectivity index is 1.80. The molecule has 0 saturated heterocycles. The molecule has 154 valence electrons. The summed E-state index contributed by atoms with van der Waals surface area (Å²) in [6, 6.07) is 18.3. The van der Waals surface area contributed by atoms with E-state index in [1.807, 2.05) is 30.4 Å². The lowest BCUT2D eigenvalue weighted by Crippen LogP contribution is -2.16. The Morgan fingerprint density at radius 1 is 0.900 bits per heavy atom. The quantitative estimate of drug-likeness (QED) is 0.294. The van der Waals surface area contributed by atoms with Crippen LogP contribution >= 0.6 is 15.9 Å². The maximum Gasteiger partial charge on any atom is 0.573 e. The van der Waals surface area contributed by atoms with Crippen molar-refractivity contribution in [2.45, 2.75) is 6.36 Å². The first-order valence-electron chi connectivity index (χ1n) is 8.77. The van der Waals surface area contributed by atoms with Crippen molar-refractivity contribution in [2.24, 2.45) is 0 Å². The average Bonchev–Trinajstić information content (AvgIpc) is 2.72. The summed E-state index contributed by atoms with van der Waals surface area (Å²) in [6.07, 6.45) is -0.917. The third kappa shape index (κ3) is 5.73. The van der Waals surface area contributed by atoms with E-state index in [2.05, 4.69) is 25.4 Å². The highest BCUT2D eigenvalue weighted by molar-refractivity contribution is 9.10. The fourth-order valence-electron chi connectivity index (χ4n) is 2.73. The second-order valence-corrected chi connectivity index (χ2v) is 7.11. The molecule has 0 aliphatic heterocycles. The predicted molar refractivity (Wildman–Crippen MR) is 113 cm³/mol. The Kier molecular flexibility index (Phi) is 6.62. The second kappa shape index (κ2) is 9.17. The van der Waals surface area contributed by atoms with Crippen LogP contribution in [0.3, 0.4) is 0 Å². The van der Waals surface area contributed by atoms with Crippen LogP contribution in [0.25, 0.3) is 23.3 Å². The summed E-state index contributed by atoms with van der Waals surface area (Å²) in [5.74, 6) is -0.661. The maximum absolute atomic E-state index is 12.3. The van der Waals surface area contributed by atoms with Crippen molar-refractivity contribution in [1.82, 2.24) is 0 Å². The molecule has 3 aromatic carbocycles. The molecule has 0 heterocycles. The number of hydrogen-bond donors (Lipinski definition) is 0. The number of esters is 1. The van der Waals surface area contributed by atoms with Crippen LogP contribution in [-0.4, -0.2) is 19.4 Å². The second-order valence-electron chi connectivity index (χ2n) is 6.26. The Morgan fingerprint density at radius 2 is 1.53 bits per heavy atom. The summed E-state index contributed by atoms with van der Waals surface area (Å²) in [6.45, 7) is 0. The number of rotatable bonds is 5. The van der Waals surface area contributed by atoms with Gasteiger partial charge in [-0.15, -0.1) is 13.2 Å². The van der Waals surface area contributed by atoms with Crippen LogP contribution in [0.15, 0.2) is 71.2 Å².